The van der Waals surface area contributed by atoms with Crippen molar-refractivity contribution in [2.75, 3.05) is 23.7 Å². The molecule has 6 nitrogen and oxygen atoms in total. The summed E-state index contributed by atoms with van der Waals surface area (Å²) in [6.07, 6.45) is 6.62. The first-order valence-corrected chi connectivity index (χ1v) is 6.57. The lowest BCUT2D eigenvalue weighted by molar-refractivity contribution is 0.660. The normalized spacial score (nSPS) is 10.4. The van der Waals surface area contributed by atoms with Gasteiger partial charge in [-0.3, -0.25) is 0 Å². The largest absolute Gasteiger partial charge is 0.370 e. The zero-order chi connectivity index (χ0) is 13.5. The van der Waals surface area contributed by atoms with Crippen molar-refractivity contribution in [2.24, 2.45) is 0 Å². The van der Waals surface area contributed by atoms with Gasteiger partial charge in [-0.05, 0) is 20.3 Å². The van der Waals surface area contributed by atoms with Gasteiger partial charge in [0, 0.05) is 43.8 Å². The molecule has 0 aliphatic carbocycles. The second kappa shape index (κ2) is 6.72. The highest BCUT2D eigenvalue weighted by Crippen LogP contribution is 2.09. The van der Waals surface area contributed by atoms with Gasteiger partial charge < -0.3 is 15.2 Å². The van der Waals surface area contributed by atoms with Gasteiger partial charge in [0.15, 0.2) is 0 Å². The molecule has 0 amide bonds. The van der Waals surface area contributed by atoms with Crippen LogP contribution in [0.2, 0.25) is 0 Å². The van der Waals surface area contributed by atoms with Crippen LogP contribution in [0.15, 0.2) is 24.8 Å². The first-order valence-electron chi connectivity index (χ1n) is 6.57. The number of hydrogen-bond donors (Lipinski definition) is 2. The molecule has 0 aliphatic rings. The van der Waals surface area contributed by atoms with Crippen LogP contribution in [0, 0.1) is 6.92 Å². The summed E-state index contributed by atoms with van der Waals surface area (Å²) in [6, 6.07) is 1.96. The van der Waals surface area contributed by atoms with Crippen LogP contribution < -0.4 is 10.6 Å². The van der Waals surface area contributed by atoms with Crippen molar-refractivity contribution in [3.05, 3.63) is 30.5 Å². The Morgan fingerprint density at radius 2 is 2.16 bits per heavy atom. The lowest BCUT2D eigenvalue weighted by Gasteiger charge is -2.09. The van der Waals surface area contributed by atoms with E-state index in [-0.39, 0.29) is 0 Å². The Morgan fingerprint density at radius 1 is 1.26 bits per heavy atom. The number of hydrogen-bond acceptors (Lipinski definition) is 5. The third-order valence-electron chi connectivity index (χ3n) is 2.65. The average molecular weight is 260 g/mol. The summed E-state index contributed by atoms with van der Waals surface area (Å²) in [5, 5.41) is 6.45. The van der Waals surface area contributed by atoms with E-state index in [1.165, 1.54) is 0 Å². The molecule has 2 aromatic heterocycles. The number of nitrogens with zero attached hydrogens (tertiary/aromatic N) is 4. The second-order valence-corrected chi connectivity index (χ2v) is 4.33. The molecule has 2 aromatic rings. The standard InChI is InChI=1S/C13H20N6/c1-3-15-13-17-11(2)9-12(18-13)16-5-4-7-19-8-6-14-10-19/h6,8-10H,3-5,7H2,1-2H3,(H2,15,16,17,18). The highest BCUT2D eigenvalue weighted by molar-refractivity contribution is 5.41. The van der Waals surface area contributed by atoms with Crippen molar-refractivity contribution in [3.63, 3.8) is 0 Å². The van der Waals surface area contributed by atoms with E-state index in [0.29, 0.717) is 5.95 Å². The van der Waals surface area contributed by atoms with Gasteiger partial charge in [-0.25, -0.2) is 9.97 Å². The lowest BCUT2D eigenvalue weighted by atomic mass is 10.4. The Hall–Kier alpha value is -2.11. The monoisotopic (exact) mass is 260 g/mol. The summed E-state index contributed by atoms with van der Waals surface area (Å²) in [7, 11) is 0. The highest BCUT2D eigenvalue weighted by atomic mass is 15.1. The minimum absolute atomic E-state index is 0.680. The van der Waals surface area contributed by atoms with E-state index < -0.39 is 0 Å². The Bertz CT molecular complexity index is 494. The molecule has 0 atom stereocenters. The molecule has 0 radical (unpaired) electrons. The number of aryl methyl sites for hydroxylation is 2. The molecule has 2 heterocycles. The fourth-order valence-corrected chi connectivity index (χ4v) is 1.79. The van der Waals surface area contributed by atoms with Gasteiger partial charge in [0.05, 0.1) is 6.33 Å². The van der Waals surface area contributed by atoms with Crippen LogP contribution in [-0.2, 0) is 6.54 Å². The van der Waals surface area contributed by atoms with Gasteiger partial charge in [0.2, 0.25) is 5.95 Å². The van der Waals surface area contributed by atoms with Gasteiger partial charge in [-0.1, -0.05) is 0 Å². The molecular formula is C13H20N6. The van der Waals surface area contributed by atoms with Crippen LogP contribution >= 0.6 is 0 Å². The summed E-state index contributed by atoms with van der Waals surface area (Å²) in [5.74, 6) is 1.55. The van der Waals surface area contributed by atoms with Crippen molar-refractivity contribution in [3.8, 4) is 0 Å². The summed E-state index contributed by atoms with van der Waals surface area (Å²) >= 11 is 0. The predicted octanol–water partition coefficient (Wildman–Crippen LogP) is 1.92. The Balaban J connectivity index is 1.81. The average Bonchev–Trinajstić information content (AvgIpc) is 2.87. The Labute approximate surface area is 113 Å². The predicted molar refractivity (Wildman–Crippen MR) is 76.3 cm³/mol. The number of imidazole rings is 1. The quantitative estimate of drug-likeness (QED) is 0.744. The third-order valence-corrected chi connectivity index (χ3v) is 2.65. The molecule has 0 saturated heterocycles. The molecule has 6 heteroatoms. The lowest BCUT2D eigenvalue weighted by Crippen LogP contribution is -2.10. The smallest absolute Gasteiger partial charge is 0.224 e. The molecule has 19 heavy (non-hydrogen) atoms. The van der Waals surface area contributed by atoms with Gasteiger partial charge in [0.1, 0.15) is 5.82 Å². The molecule has 0 fully saturated rings. The fourth-order valence-electron chi connectivity index (χ4n) is 1.79. The Morgan fingerprint density at radius 3 is 2.89 bits per heavy atom. The first-order chi connectivity index (χ1) is 9.28. The van der Waals surface area contributed by atoms with Crippen molar-refractivity contribution in [1.82, 2.24) is 19.5 Å². The second-order valence-electron chi connectivity index (χ2n) is 4.33. The third kappa shape index (κ3) is 4.24. The molecule has 0 aliphatic heterocycles. The molecule has 0 unspecified atom stereocenters. The molecule has 2 N–H and O–H groups in total. The molecule has 2 rings (SSSR count). The van der Waals surface area contributed by atoms with Crippen LogP contribution in [0.5, 0.6) is 0 Å². The van der Waals surface area contributed by atoms with Crippen LogP contribution in [-0.4, -0.2) is 32.6 Å². The minimum Gasteiger partial charge on any atom is -0.370 e. The maximum Gasteiger partial charge on any atom is 0.224 e. The minimum atomic E-state index is 0.680. The van der Waals surface area contributed by atoms with E-state index in [4.69, 9.17) is 0 Å². The summed E-state index contributed by atoms with van der Waals surface area (Å²) in [4.78, 5) is 12.7. The van der Waals surface area contributed by atoms with Crippen LogP contribution in [0.4, 0.5) is 11.8 Å². The van der Waals surface area contributed by atoms with E-state index in [0.717, 1.165) is 37.6 Å². The topological polar surface area (TPSA) is 67.7 Å². The summed E-state index contributed by atoms with van der Waals surface area (Å²) < 4.78 is 2.07. The number of rotatable bonds is 7. The molecule has 0 bridgehead atoms. The zero-order valence-electron chi connectivity index (χ0n) is 11.4. The molecule has 102 valence electrons. The van der Waals surface area contributed by atoms with Crippen LogP contribution in [0.25, 0.3) is 0 Å². The van der Waals surface area contributed by atoms with Gasteiger partial charge in [0.25, 0.3) is 0 Å². The highest BCUT2D eigenvalue weighted by Gasteiger charge is 2.00. The van der Waals surface area contributed by atoms with Crippen molar-refractivity contribution >= 4 is 11.8 Å². The molecule has 0 aromatic carbocycles. The first kappa shape index (κ1) is 13.3. The van der Waals surface area contributed by atoms with Crippen LogP contribution in [0.3, 0.4) is 0 Å². The van der Waals surface area contributed by atoms with Crippen molar-refractivity contribution < 1.29 is 0 Å². The van der Waals surface area contributed by atoms with E-state index in [9.17, 15) is 0 Å². The van der Waals surface area contributed by atoms with Crippen molar-refractivity contribution in [2.45, 2.75) is 26.8 Å². The van der Waals surface area contributed by atoms with Crippen molar-refractivity contribution in [1.29, 1.82) is 0 Å². The SMILES string of the molecule is CCNc1nc(C)cc(NCCCn2ccnc2)n1. The molecule has 0 spiro atoms. The van der Waals surface area contributed by atoms with Gasteiger partial charge >= 0.3 is 0 Å². The maximum atomic E-state index is 4.41. The molecular weight excluding hydrogens is 240 g/mol. The van der Waals surface area contributed by atoms with Gasteiger partial charge in [-0.2, -0.15) is 4.98 Å². The Kier molecular flexibility index (Phi) is 4.72. The number of anilines is 2. The van der Waals surface area contributed by atoms with E-state index in [2.05, 4.69) is 30.2 Å². The number of aromatic nitrogens is 4. The van der Waals surface area contributed by atoms with E-state index >= 15 is 0 Å². The van der Waals surface area contributed by atoms with E-state index in [1.807, 2.05) is 32.4 Å². The molecule has 0 saturated carbocycles. The van der Waals surface area contributed by atoms with Gasteiger partial charge in [-0.15, -0.1) is 0 Å². The maximum absolute atomic E-state index is 4.41. The fraction of sp³-hybridized carbons (Fsp3) is 0.462. The summed E-state index contributed by atoms with van der Waals surface area (Å²) in [6.45, 7) is 6.66. The van der Waals surface area contributed by atoms with E-state index in [1.54, 1.807) is 6.20 Å². The zero-order valence-corrected chi connectivity index (χ0v) is 11.4. The van der Waals surface area contributed by atoms with Crippen LogP contribution in [0.1, 0.15) is 19.0 Å². The summed E-state index contributed by atoms with van der Waals surface area (Å²) in [5.41, 5.74) is 0.961. The number of nitrogens with one attached hydrogen (secondary N) is 2.